The molecule has 2 heterocycles. The number of hydrogen-bond donors (Lipinski definition) is 1. The van der Waals surface area contributed by atoms with Crippen LogP contribution in [0.1, 0.15) is 25.0 Å². The molecule has 1 atom stereocenters. The number of rotatable bonds is 5. The average molecular weight is 355 g/mol. The van der Waals surface area contributed by atoms with Crippen LogP contribution in [0.15, 0.2) is 12.1 Å². The SMILES string of the molecule is N#CCOc1cc(Cl)c(Cl)c2[nH]c(COC3CCCCO3)cc12. The number of fused-ring (bicyclic) bond motifs is 1. The molecule has 1 N–H and O–H groups in total. The molecule has 1 fully saturated rings. The number of nitriles is 1. The lowest BCUT2D eigenvalue weighted by Gasteiger charge is -2.22. The van der Waals surface area contributed by atoms with Gasteiger partial charge in [-0.2, -0.15) is 5.26 Å². The monoisotopic (exact) mass is 354 g/mol. The van der Waals surface area contributed by atoms with Crippen LogP contribution in [0.25, 0.3) is 10.9 Å². The minimum absolute atomic E-state index is 0.0556. The van der Waals surface area contributed by atoms with Crippen LogP contribution in [0, 0.1) is 11.3 Å². The van der Waals surface area contributed by atoms with Gasteiger partial charge in [-0.05, 0) is 25.3 Å². The molecule has 7 heteroatoms. The first-order valence-corrected chi connectivity index (χ1v) is 8.17. The zero-order chi connectivity index (χ0) is 16.2. The van der Waals surface area contributed by atoms with Gasteiger partial charge in [0.25, 0.3) is 0 Å². The van der Waals surface area contributed by atoms with Crippen LogP contribution in [0.3, 0.4) is 0 Å². The van der Waals surface area contributed by atoms with E-state index in [1.807, 2.05) is 12.1 Å². The van der Waals surface area contributed by atoms with Crippen molar-refractivity contribution in [3.05, 3.63) is 27.9 Å². The maximum Gasteiger partial charge on any atom is 0.174 e. The molecule has 3 rings (SSSR count). The molecule has 1 unspecified atom stereocenters. The Kier molecular flexibility index (Phi) is 5.29. The number of halogens is 2. The third-order valence-electron chi connectivity index (χ3n) is 3.68. The number of nitrogens with one attached hydrogen (secondary N) is 1. The molecule has 0 radical (unpaired) electrons. The first-order chi connectivity index (χ1) is 11.2. The predicted molar refractivity (Wildman–Crippen MR) is 87.8 cm³/mol. The van der Waals surface area contributed by atoms with Crippen LogP contribution in [0.4, 0.5) is 0 Å². The van der Waals surface area contributed by atoms with Crippen molar-refractivity contribution in [2.24, 2.45) is 0 Å². The summed E-state index contributed by atoms with van der Waals surface area (Å²) in [5, 5.41) is 10.3. The standard InChI is InChI=1S/C16H16Cl2N2O3/c17-12-8-13(21-6-4-19)11-7-10(20-16(11)15(12)18)9-23-14-3-1-2-5-22-14/h7-8,14,20H,1-3,5-6,9H2. The number of H-pyrrole nitrogens is 1. The molecular formula is C16H16Cl2N2O3. The van der Waals surface area contributed by atoms with E-state index in [1.165, 1.54) is 0 Å². The Morgan fingerprint density at radius 3 is 2.96 bits per heavy atom. The second-order valence-electron chi connectivity index (χ2n) is 5.31. The van der Waals surface area contributed by atoms with Gasteiger partial charge >= 0.3 is 0 Å². The molecule has 1 saturated heterocycles. The van der Waals surface area contributed by atoms with Crippen LogP contribution < -0.4 is 4.74 Å². The first kappa shape index (κ1) is 16.4. The molecule has 1 aliphatic heterocycles. The molecular weight excluding hydrogens is 339 g/mol. The van der Waals surface area contributed by atoms with E-state index in [2.05, 4.69) is 4.98 Å². The molecule has 0 spiro atoms. The topological polar surface area (TPSA) is 67.3 Å². The maximum absolute atomic E-state index is 8.68. The van der Waals surface area contributed by atoms with Crippen molar-refractivity contribution in [1.29, 1.82) is 5.26 Å². The van der Waals surface area contributed by atoms with Gasteiger partial charge in [-0.3, -0.25) is 0 Å². The van der Waals surface area contributed by atoms with Crippen LogP contribution in [0.2, 0.25) is 10.0 Å². The highest BCUT2D eigenvalue weighted by Gasteiger charge is 2.17. The van der Waals surface area contributed by atoms with E-state index in [-0.39, 0.29) is 12.9 Å². The third-order valence-corrected chi connectivity index (χ3v) is 4.47. The smallest absolute Gasteiger partial charge is 0.174 e. The lowest BCUT2D eigenvalue weighted by molar-refractivity contribution is -0.169. The van der Waals surface area contributed by atoms with Gasteiger partial charge in [0.2, 0.25) is 0 Å². The quantitative estimate of drug-likeness (QED) is 0.862. The Morgan fingerprint density at radius 2 is 2.22 bits per heavy atom. The van der Waals surface area contributed by atoms with Crippen molar-refractivity contribution < 1.29 is 14.2 Å². The summed E-state index contributed by atoms with van der Waals surface area (Å²) in [4.78, 5) is 3.20. The summed E-state index contributed by atoms with van der Waals surface area (Å²) in [5.74, 6) is 0.521. The minimum Gasteiger partial charge on any atom is -0.478 e. The molecule has 5 nitrogen and oxygen atoms in total. The van der Waals surface area contributed by atoms with Gasteiger partial charge in [0, 0.05) is 23.8 Å². The van der Waals surface area contributed by atoms with Crippen LogP contribution in [0.5, 0.6) is 5.75 Å². The molecule has 1 aromatic carbocycles. The summed E-state index contributed by atoms with van der Waals surface area (Å²) >= 11 is 12.4. The van der Waals surface area contributed by atoms with E-state index in [4.69, 9.17) is 42.7 Å². The lowest BCUT2D eigenvalue weighted by atomic mass is 10.2. The molecule has 1 aliphatic rings. The van der Waals surface area contributed by atoms with Gasteiger partial charge < -0.3 is 19.2 Å². The number of nitrogens with zero attached hydrogens (tertiary/aromatic N) is 1. The van der Waals surface area contributed by atoms with E-state index in [9.17, 15) is 0 Å². The van der Waals surface area contributed by atoms with E-state index in [1.54, 1.807) is 6.07 Å². The summed E-state index contributed by atoms with van der Waals surface area (Å²) < 4.78 is 16.7. The van der Waals surface area contributed by atoms with Gasteiger partial charge in [0.1, 0.15) is 11.8 Å². The normalized spacial score (nSPS) is 18.0. The number of aromatic nitrogens is 1. The van der Waals surface area contributed by atoms with E-state index in [0.717, 1.165) is 36.9 Å². The fourth-order valence-electron chi connectivity index (χ4n) is 2.59. The van der Waals surface area contributed by atoms with Crippen LogP contribution >= 0.6 is 23.2 Å². The first-order valence-electron chi connectivity index (χ1n) is 7.41. The van der Waals surface area contributed by atoms with Gasteiger partial charge in [-0.15, -0.1) is 0 Å². The van der Waals surface area contributed by atoms with Gasteiger partial charge in [-0.1, -0.05) is 23.2 Å². The lowest BCUT2D eigenvalue weighted by Crippen LogP contribution is -2.22. The van der Waals surface area contributed by atoms with E-state index in [0.29, 0.717) is 27.9 Å². The highest BCUT2D eigenvalue weighted by Crippen LogP contribution is 2.37. The van der Waals surface area contributed by atoms with Crippen molar-refractivity contribution in [2.45, 2.75) is 32.2 Å². The third kappa shape index (κ3) is 3.73. The minimum atomic E-state index is -0.163. The molecule has 2 aromatic rings. The summed E-state index contributed by atoms with van der Waals surface area (Å²) in [6, 6.07) is 5.45. The maximum atomic E-state index is 8.68. The number of benzene rings is 1. The Labute approximate surface area is 144 Å². The van der Waals surface area contributed by atoms with Crippen LogP contribution in [-0.4, -0.2) is 24.5 Å². The summed E-state index contributed by atoms with van der Waals surface area (Å²) in [6.07, 6.45) is 2.94. The van der Waals surface area contributed by atoms with Gasteiger partial charge in [0.15, 0.2) is 12.9 Å². The molecule has 1 aromatic heterocycles. The fourth-order valence-corrected chi connectivity index (χ4v) is 2.98. The highest BCUT2D eigenvalue weighted by atomic mass is 35.5. The van der Waals surface area contributed by atoms with Gasteiger partial charge in [-0.25, -0.2) is 0 Å². The van der Waals surface area contributed by atoms with Gasteiger partial charge in [0.05, 0.1) is 22.2 Å². The average Bonchev–Trinajstić information content (AvgIpc) is 3.01. The zero-order valence-corrected chi connectivity index (χ0v) is 13.9. The molecule has 0 bridgehead atoms. The second-order valence-corrected chi connectivity index (χ2v) is 6.09. The molecule has 0 saturated carbocycles. The number of hydrogen-bond acceptors (Lipinski definition) is 4. The summed E-state index contributed by atoms with van der Waals surface area (Å²) in [5.41, 5.74) is 1.52. The van der Waals surface area contributed by atoms with Crippen molar-refractivity contribution in [3.8, 4) is 11.8 Å². The van der Waals surface area contributed by atoms with E-state index < -0.39 is 0 Å². The van der Waals surface area contributed by atoms with Crippen molar-refractivity contribution >= 4 is 34.1 Å². The fraction of sp³-hybridized carbons (Fsp3) is 0.438. The zero-order valence-electron chi connectivity index (χ0n) is 12.4. The summed E-state index contributed by atoms with van der Waals surface area (Å²) in [6.45, 7) is 1.07. The molecule has 0 aliphatic carbocycles. The van der Waals surface area contributed by atoms with E-state index >= 15 is 0 Å². The predicted octanol–water partition coefficient (Wildman–Crippen LogP) is 4.42. The Morgan fingerprint density at radius 1 is 1.35 bits per heavy atom. The molecule has 23 heavy (non-hydrogen) atoms. The Hall–Kier alpha value is -1.45. The Balaban J connectivity index is 1.82. The van der Waals surface area contributed by atoms with Crippen molar-refractivity contribution in [1.82, 2.24) is 4.98 Å². The highest BCUT2D eigenvalue weighted by molar-refractivity contribution is 6.45. The van der Waals surface area contributed by atoms with Crippen LogP contribution in [-0.2, 0) is 16.1 Å². The largest absolute Gasteiger partial charge is 0.478 e. The molecule has 122 valence electrons. The Bertz CT molecular complexity index is 733. The van der Waals surface area contributed by atoms with Crippen molar-refractivity contribution in [2.75, 3.05) is 13.2 Å². The second kappa shape index (κ2) is 7.41. The number of ether oxygens (including phenoxy) is 3. The summed E-state index contributed by atoms with van der Waals surface area (Å²) in [7, 11) is 0. The number of aromatic amines is 1. The van der Waals surface area contributed by atoms with Crippen molar-refractivity contribution in [3.63, 3.8) is 0 Å². The molecule has 0 amide bonds.